The Bertz CT molecular complexity index is 933. The van der Waals surface area contributed by atoms with Gasteiger partial charge >= 0.3 is 0 Å². The van der Waals surface area contributed by atoms with E-state index < -0.39 is 0 Å². The molecule has 2 aromatic heterocycles. The van der Waals surface area contributed by atoms with Crippen LogP contribution in [-0.2, 0) is 0 Å². The summed E-state index contributed by atoms with van der Waals surface area (Å²) in [4.78, 5) is 8.78. The topological polar surface area (TPSA) is 36.3 Å². The summed E-state index contributed by atoms with van der Waals surface area (Å²) in [5, 5.41) is 4.18. The van der Waals surface area contributed by atoms with Gasteiger partial charge in [-0.25, -0.2) is 0 Å². The average Bonchev–Trinajstić information content (AvgIpc) is 3.27. The molecule has 1 aliphatic rings. The standard InChI is InChI=1S/C21H23N5S/c1-24(2)15-9-11-16(12-10-15)26-14-6-8-18(26)20-19(23-21(27)25(20)3)17-7-4-5-13-22-17/h4-14,19-20H,1-3H3,(H,23,27)/t19-,20-/m0/s1. The van der Waals surface area contributed by atoms with Crippen LogP contribution in [0.4, 0.5) is 5.69 Å². The van der Waals surface area contributed by atoms with Gasteiger partial charge < -0.3 is 19.7 Å². The van der Waals surface area contributed by atoms with Crippen molar-refractivity contribution in [2.75, 3.05) is 26.0 Å². The largest absolute Gasteiger partial charge is 0.378 e. The van der Waals surface area contributed by atoms with Gasteiger partial charge in [0.1, 0.15) is 0 Å². The van der Waals surface area contributed by atoms with Gasteiger partial charge in [-0.1, -0.05) is 6.07 Å². The van der Waals surface area contributed by atoms with E-state index >= 15 is 0 Å². The Morgan fingerprint density at radius 2 is 1.81 bits per heavy atom. The Morgan fingerprint density at radius 1 is 1.04 bits per heavy atom. The van der Waals surface area contributed by atoms with Crippen LogP contribution in [0.2, 0.25) is 0 Å². The smallest absolute Gasteiger partial charge is 0.169 e. The summed E-state index contributed by atoms with van der Waals surface area (Å²) >= 11 is 5.55. The summed E-state index contributed by atoms with van der Waals surface area (Å²) in [7, 11) is 6.14. The molecule has 1 aliphatic heterocycles. The van der Waals surface area contributed by atoms with Crippen molar-refractivity contribution in [1.29, 1.82) is 0 Å². The fraction of sp³-hybridized carbons (Fsp3) is 0.238. The first-order valence-electron chi connectivity index (χ1n) is 8.95. The number of hydrogen-bond acceptors (Lipinski definition) is 3. The van der Waals surface area contributed by atoms with Gasteiger partial charge in [0.25, 0.3) is 0 Å². The first-order chi connectivity index (χ1) is 13.1. The van der Waals surface area contributed by atoms with E-state index in [2.05, 4.69) is 67.3 Å². The lowest BCUT2D eigenvalue weighted by Crippen LogP contribution is -2.25. The van der Waals surface area contributed by atoms with Gasteiger partial charge in [0.05, 0.1) is 17.8 Å². The summed E-state index contributed by atoms with van der Waals surface area (Å²) in [5.74, 6) is 0. The minimum Gasteiger partial charge on any atom is -0.378 e. The van der Waals surface area contributed by atoms with Crippen LogP contribution in [0.15, 0.2) is 67.0 Å². The van der Waals surface area contributed by atoms with E-state index in [9.17, 15) is 0 Å². The highest BCUT2D eigenvalue weighted by Gasteiger charge is 2.39. The molecule has 6 heteroatoms. The fourth-order valence-corrected chi connectivity index (χ4v) is 3.85. The predicted octanol–water partition coefficient (Wildman–Crippen LogP) is 3.54. The van der Waals surface area contributed by atoms with Crippen LogP contribution < -0.4 is 10.2 Å². The second kappa shape index (κ2) is 7.04. The van der Waals surface area contributed by atoms with Crippen molar-refractivity contribution < 1.29 is 0 Å². The number of aromatic nitrogens is 2. The average molecular weight is 378 g/mol. The van der Waals surface area contributed by atoms with Crippen LogP contribution in [0.5, 0.6) is 0 Å². The van der Waals surface area contributed by atoms with Gasteiger partial charge in [0.2, 0.25) is 0 Å². The van der Waals surface area contributed by atoms with Crippen molar-refractivity contribution in [3.05, 3.63) is 78.4 Å². The van der Waals surface area contributed by atoms with E-state index in [-0.39, 0.29) is 12.1 Å². The molecule has 0 aliphatic carbocycles. The molecule has 3 aromatic rings. The Morgan fingerprint density at radius 3 is 2.48 bits per heavy atom. The zero-order chi connectivity index (χ0) is 19.0. The van der Waals surface area contributed by atoms with E-state index in [0.717, 1.165) is 16.5 Å². The van der Waals surface area contributed by atoms with Crippen molar-refractivity contribution in [1.82, 2.24) is 19.8 Å². The first-order valence-corrected chi connectivity index (χ1v) is 9.36. The maximum absolute atomic E-state index is 5.55. The third kappa shape index (κ3) is 3.17. The van der Waals surface area contributed by atoms with Crippen molar-refractivity contribution in [3.63, 3.8) is 0 Å². The van der Waals surface area contributed by atoms with Gasteiger partial charge in [0.15, 0.2) is 5.11 Å². The molecule has 1 fully saturated rings. The van der Waals surface area contributed by atoms with Crippen molar-refractivity contribution in [2.45, 2.75) is 12.1 Å². The van der Waals surface area contributed by atoms with Crippen LogP contribution in [0.25, 0.3) is 5.69 Å². The fourth-order valence-electron chi connectivity index (χ4n) is 3.61. The number of anilines is 1. The van der Waals surface area contributed by atoms with Crippen LogP contribution in [0, 0.1) is 0 Å². The summed E-state index contributed by atoms with van der Waals surface area (Å²) in [6.45, 7) is 0. The second-order valence-electron chi connectivity index (χ2n) is 6.95. The zero-order valence-corrected chi connectivity index (χ0v) is 16.5. The third-order valence-electron chi connectivity index (χ3n) is 5.07. The Hall–Kier alpha value is -2.86. The summed E-state index contributed by atoms with van der Waals surface area (Å²) in [6, 6.07) is 18.9. The van der Waals surface area contributed by atoms with Gasteiger partial charge in [-0.3, -0.25) is 4.98 Å². The Labute approximate surface area is 165 Å². The van der Waals surface area contributed by atoms with E-state index in [4.69, 9.17) is 12.2 Å². The molecule has 0 radical (unpaired) electrons. The molecule has 1 saturated heterocycles. The molecule has 1 aromatic carbocycles. The minimum absolute atomic E-state index is 0.0124. The SMILES string of the molecule is CN(C)c1ccc(-n2cccc2[C@H]2[C@H](c3ccccn3)NC(=S)N2C)cc1. The molecule has 0 saturated carbocycles. The summed E-state index contributed by atoms with van der Waals surface area (Å²) < 4.78 is 2.23. The number of likely N-dealkylation sites (N-methyl/N-ethyl adjacent to an activating group) is 1. The highest BCUT2D eigenvalue weighted by atomic mass is 32.1. The van der Waals surface area contributed by atoms with Gasteiger partial charge in [-0.2, -0.15) is 0 Å². The predicted molar refractivity (Wildman–Crippen MR) is 113 cm³/mol. The van der Waals surface area contributed by atoms with Crippen LogP contribution in [0.3, 0.4) is 0 Å². The van der Waals surface area contributed by atoms with Gasteiger partial charge in [-0.05, 0) is 60.7 Å². The molecule has 27 heavy (non-hydrogen) atoms. The van der Waals surface area contributed by atoms with Crippen LogP contribution >= 0.6 is 12.2 Å². The summed E-state index contributed by atoms with van der Waals surface area (Å²) in [6.07, 6.45) is 3.93. The van der Waals surface area contributed by atoms with Crippen molar-refractivity contribution in [2.24, 2.45) is 0 Å². The molecule has 0 bridgehead atoms. The van der Waals surface area contributed by atoms with Gasteiger partial charge in [-0.15, -0.1) is 0 Å². The molecule has 2 atom stereocenters. The second-order valence-corrected chi connectivity index (χ2v) is 7.34. The molecular formula is C21H23N5S. The number of hydrogen-bond donors (Lipinski definition) is 1. The Kier molecular flexibility index (Phi) is 4.58. The number of nitrogens with zero attached hydrogens (tertiary/aromatic N) is 4. The monoisotopic (exact) mass is 377 g/mol. The minimum atomic E-state index is 0.0124. The van der Waals surface area contributed by atoms with E-state index in [1.165, 1.54) is 11.4 Å². The molecular weight excluding hydrogens is 354 g/mol. The van der Waals surface area contributed by atoms with Crippen LogP contribution in [0.1, 0.15) is 23.5 Å². The normalized spacial score (nSPS) is 19.2. The maximum atomic E-state index is 5.55. The summed E-state index contributed by atoms with van der Waals surface area (Å²) in [5.41, 5.74) is 4.48. The van der Waals surface area contributed by atoms with Crippen LogP contribution in [-0.4, -0.2) is 40.7 Å². The lowest BCUT2D eigenvalue weighted by atomic mass is 10.0. The number of pyridine rings is 1. The first kappa shape index (κ1) is 17.5. The molecule has 0 amide bonds. The van der Waals surface area contributed by atoms with E-state index in [1.807, 2.05) is 45.5 Å². The molecule has 0 spiro atoms. The van der Waals surface area contributed by atoms with Gasteiger partial charge in [0, 0.05) is 50.6 Å². The molecule has 0 unspecified atom stereocenters. The molecule has 4 rings (SSSR count). The Balaban J connectivity index is 1.74. The number of rotatable bonds is 4. The molecule has 5 nitrogen and oxygen atoms in total. The zero-order valence-electron chi connectivity index (χ0n) is 15.7. The van der Waals surface area contributed by atoms with Crippen molar-refractivity contribution >= 4 is 23.0 Å². The van der Waals surface area contributed by atoms with E-state index in [1.54, 1.807) is 0 Å². The molecule has 1 N–H and O–H groups in total. The number of nitrogens with one attached hydrogen (secondary N) is 1. The highest BCUT2D eigenvalue weighted by Crippen LogP contribution is 2.38. The number of thiocarbonyl (C=S) groups is 1. The quantitative estimate of drug-likeness (QED) is 0.704. The van der Waals surface area contributed by atoms with Crippen molar-refractivity contribution in [3.8, 4) is 5.69 Å². The highest BCUT2D eigenvalue weighted by molar-refractivity contribution is 7.80. The lowest BCUT2D eigenvalue weighted by Gasteiger charge is -2.26. The third-order valence-corrected chi connectivity index (χ3v) is 5.47. The molecule has 138 valence electrons. The van der Waals surface area contributed by atoms with E-state index in [0.29, 0.717) is 0 Å². The molecule has 3 heterocycles. The lowest BCUT2D eigenvalue weighted by molar-refractivity contribution is 0.357. The maximum Gasteiger partial charge on any atom is 0.169 e. The number of benzene rings is 1.